The summed E-state index contributed by atoms with van der Waals surface area (Å²) in [6.45, 7) is 7.49. The van der Waals surface area contributed by atoms with Crippen LogP contribution >= 0.6 is 0 Å². The van der Waals surface area contributed by atoms with Crippen molar-refractivity contribution in [2.75, 3.05) is 0 Å². The molecule has 0 bridgehead atoms. The third kappa shape index (κ3) is 4.01. The smallest absolute Gasteiger partial charge is 0.332 e. The molecule has 0 spiro atoms. The lowest BCUT2D eigenvalue weighted by molar-refractivity contribution is -0.150. The van der Waals surface area contributed by atoms with Crippen LogP contribution in [-0.2, 0) is 9.53 Å². The first-order chi connectivity index (χ1) is 16.8. The van der Waals surface area contributed by atoms with Crippen LogP contribution in [0.3, 0.4) is 0 Å². The average molecular weight is 482 g/mol. The first kappa shape index (κ1) is 24.1. The van der Waals surface area contributed by atoms with Crippen LogP contribution in [0.5, 0.6) is 0 Å². The van der Waals surface area contributed by atoms with E-state index >= 15 is 0 Å². The Labute approximate surface area is 212 Å². The zero-order valence-electron chi connectivity index (χ0n) is 22.2. The number of ether oxygens (including phenoxy) is 1. The molecule has 0 amide bonds. The minimum Gasteiger partial charge on any atom is -0.458 e. The summed E-state index contributed by atoms with van der Waals surface area (Å²) in [5, 5.41) is 14.0. The fourth-order valence-corrected chi connectivity index (χ4v) is 10.2. The first-order valence-corrected chi connectivity index (χ1v) is 14.8. The second-order valence-corrected chi connectivity index (χ2v) is 13.7. The van der Waals surface area contributed by atoms with Crippen molar-refractivity contribution in [2.24, 2.45) is 40.4 Å². The van der Waals surface area contributed by atoms with Gasteiger partial charge < -0.3 is 15.2 Å². The number of nitrogens with one attached hydrogen (secondary N) is 1. The van der Waals surface area contributed by atoms with Gasteiger partial charge in [0.15, 0.2) is 0 Å². The van der Waals surface area contributed by atoms with Gasteiger partial charge in [0.05, 0.1) is 6.10 Å². The summed E-state index contributed by atoms with van der Waals surface area (Å²) in [4.78, 5) is 12.6. The van der Waals surface area contributed by atoms with Crippen LogP contribution in [0.15, 0.2) is 23.4 Å². The van der Waals surface area contributed by atoms with Gasteiger partial charge in [-0.25, -0.2) is 4.79 Å². The van der Waals surface area contributed by atoms with Crippen molar-refractivity contribution in [3.63, 3.8) is 0 Å². The highest BCUT2D eigenvalue weighted by Crippen LogP contribution is 2.67. The highest BCUT2D eigenvalue weighted by atomic mass is 16.5. The Balaban J connectivity index is 1.18. The molecule has 1 heterocycles. The fraction of sp³-hybridized carbons (Fsp3) is 0.839. The van der Waals surface area contributed by atoms with E-state index in [1.807, 2.05) is 0 Å². The molecule has 9 atom stereocenters. The van der Waals surface area contributed by atoms with Gasteiger partial charge in [-0.3, -0.25) is 0 Å². The standard InChI is InChI=1S/C31H47NO3/c1-19(28-17-22(18-29(34)35-28)32-21-6-4-5-7-21)25-10-11-26-24-9-8-20-16-23(33)12-14-30(20,2)27(24)13-15-31(25,26)3/h8,18-19,21,23-28,32-33H,4-7,9-17H2,1-3H3/t19-,23-,24-,25+,26-,27-,28+,30-,31+/m0/s1. The molecule has 6 aliphatic rings. The number of esters is 1. The summed E-state index contributed by atoms with van der Waals surface area (Å²) in [5.41, 5.74) is 3.33. The topological polar surface area (TPSA) is 58.6 Å². The Morgan fingerprint density at radius 3 is 2.63 bits per heavy atom. The third-order valence-corrected chi connectivity index (χ3v) is 12.1. The van der Waals surface area contributed by atoms with Crippen molar-refractivity contribution in [2.45, 2.75) is 122 Å². The molecule has 5 aliphatic carbocycles. The van der Waals surface area contributed by atoms with Crippen LogP contribution in [0.25, 0.3) is 0 Å². The van der Waals surface area contributed by atoms with Crippen LogP contribution in [-0.4, -0.2) is 29.3 Å². The van der Waals surface area contributed by atoms with Crippen molar-refractivity contribution >= 4 is 5.97 Å². The lowest BCUT2D eigenvalue weighted by atomic mass is 9.47. The fourth-order valence-electron chi connectivity index (χ4n) is 10.2. The van der Waals surface area contributed by atoms with Gasteiger partial charge in [-0.15, -0.1) is 0 Å². The lowest BCUT2D eigenvalue weighted by Crippen LogP contribution is -2.51. The Bertz CT molecular complexity index is 903. The van der Waals surface area contributed by atoms with Crippen LogP contribution in [0, 0.1) is 40.4 Å². The Morgan fingerprint density at radius 1 is 1.03 bits per heavy atom. The number of carbonyl (C=O) groups is 1. The SMILES string of the molecule is C[C@@H]([C@H]1CC[C@H]2[C@@H]3CC=C4C[C@@H](O)CC[C@]4(C)[C@H]3CC[C@]12C)[C@H]1CC(NC2CCCC2)=CC(=O)O1. The number of fused-ring (bicyclic) bond motifs is 5. The predicted molar refractivity (Wildman–Crippen MR) is 138 cm³/mol. The number of hydrogen-bond acceptors (Lipinski definition) is 4. The Morgan fingerprint density at radius 2 is 1.83 bits per heavy atom. The van der Waals surface area contributed by atoms with E-state index in [4.69, 9.17) is 4.74 Å². The molecule has 1 aliphatic heterocycles. The molecule has 194 valence electrons. The minimum atomic E-state index is -0.144. The van der Waals surface area contributed by atoms with Crippen molar-refractivity contribution in [3.05, 3.63) is 23.4 Å². The zero-order chi connectivity index (χ0) is 24.4. The monoisotopic (exact) mass is 481 g/mol. The van der Waals surface area contributed by atoms with E-state index < -0.39 is 0 Å². The molecule has 0 aromatic rings. The van der Waals surface area contributed by atoms with Crippen molar-refractivity contribution < 1.29 is 14.6 Å². The lowest BCUT2D eigenvalue weighted by Gasteiger charge is -2.58. The van der Waals surface area contributed by atoms with Crippen molar-refractivity contribution in [1.29, 1.82) is 0 Å². The zero-order valence-corrected chi connectivity index (χ0v) is 22.2. The molecular weight excluding hydrogens is 434 g/mol. The van der Waals surface area contributed by atoms with E-state index in [2.05, 4.69) is 32.2 Å². The molecule has 4 saturated carbocycles. The summed E-state index contributed by atoms with van der Waals surface area (Å²) < 4.78 is 5.99. The second kappa shape index (κ2) is 8.92. The van der Waals surface area contributed by atoms with Gasteiger partial charge in [-0.1, -0.05) is 45.3 Å². The van der Waals surface area contributed by atoms with Gasteiger partial charge in [0.1, 0.15) is 6.10 Å². The summed E-state index contributed by atoms with van der Waals surface area (Å²) >= 11 is 0. The largest absolute Gasteiger partial charge is 0.458 e. The third-order valence-electron chi connectivity index (χ3n) is 12.1. The van der Waals surface area contributed by atoms with Gasteiger partial charge in [0.2, 0.25) is 0 Å². The number of rotatable bonds is 4. The number of carbonyl (C=O) groups excluding carboxylic acids is 1. The van der Waals surface area contributed by atoms with E-state index in [1.54, 1.807) is 11.6 Å². The number of allylic oxidation sites excluding steroid dienone is 1. The van der Waals surface area contributed by atoms with Gasteiger partial charge in [0, 0.05) is 24.2 Å². The predicted octanol–water partition coefficient (Wildman–Crippen LogP) is 6.29. The number of aliphatic hydroxyl groups excluding tert-OH is 1. The number of hydrogen-bond donors (Lipinski definition) is 2. The maximum Gasteiger partial charge on any atom is 0.332 e. The molecule has 0 aromatic heterocycles. The Kier molecular flexibility index (Phi) is 6.14. The van der Waals surface area contributed by atoms with Gasteiger partial charge in [-0.05, 0) is 105 Å². The maximum atomic E-state index is 12.6. The highest BCUT2D eigenvalue weighted by molar-refractivity contribution is 5.83. The summed E-state index contributed by atoms with van der Waals surface area (Å²) in [5.74, 6) is 3.22. The molecule has 0 unspecified atom stereocenters. The van der Waals surface area contributed by atoms with Crippen LogP contribution in [0.1, 0.15) is 104 Å². The van der Waals surface area contributed by atoms with Crippen molar-refractivity contribution in [3.8, 4) is 0 Å². The van der Waals surface area contributed by atoms with Crippen LogP contribution in [0.2, 0.25) is 0 Å². The Hall–Kier alpha value is -1.29. The minimum absolute atomic E-state index is 0.00454. The van der Waals surface area contributed by atoms with E-state index in [1.165, 1.54) is 57.8 Å². The summed E-state index contributed by atoms with van der Waals surface area (Å²) in [6.07, 6.45) is 19.5. The molecule has 4 fully saturated rings. The van der Waals surface area contributed by atoms with Crippen LogP contribution < -0.4 is 5.32 Å². The molecule has 4 nitrogen and oxygen atoms in total. The number of aliphatic hydroxyl groups is 1. The number of cyclic esters (lactones) is 1. The highest BCUT2D eigenvalue weighted by Gasteiger charge is 2.59. The van der Waals surface area contributed by atoms with Gasteiger partial charge >= 0.3 is 5.97 Å². The quantitative estimate of drug-likeness (QED) is 0.366. The van der Waals surface area contributed by atoms with Gasteiger partial charge in [0.25, 0.3) is 0 Å². The molecule has 4 heteroatoms. The normalized spacial score (nSPS) is 46.6. The van der Waals surface area contributed by atoms with E-state index in [9.17, 15) is 9.90 Å². The molecule has 2 N–H and O–H groups in total. The van der Waals surface area contributed by atoms with E-state index in [-0.39, 0.29) is 18.2 Å². The molecule has 0 radical (unpaired) electrons. The first-order valence-electron chi connectivity index (χ1n) is 14.8. The average Bonchev–Trinajstić information content (AvgIpc) is 3.46. The summed E-state index contributed by atoms with van der Waals surface area (Å²) in [6, 6.07) is 0.540. The van der Waals surface area contributed by atoms with E-state index in [0.717, 1.165) is 49.1 Å². The molecule has 0 saturated heterocycles. The molecular formula is C31H47NO3. The summed E-state index contributed by atoms with van der Waals surface area (Å²) in [7, 11) is 0. The molecule has 0 aromatic carbocycles. The van der Waals surface area contributed by atoms with Gasteiger partial charge in [-0.2, -0.15) is 0 Å². The van der Waals surface area contributed by atoms with Crippen LogP contribution in [0.4, 0.5) is 0 Å². The molecule has 35 heavy (non-hydrogen) atoms. The second-order valence-electron chi connectivity index (χ2n) is 13.7. The maximum absolute atomic E-state index is 12.6. The van der Waals surface area contributed by atoms with E-state index in [0.29, 0.717) is 28.7 Å². The van der Waals surface area contributed by atoms with Crippen molar-refractivity contribution in [1.82, 2.24) is 5.32 Å². The molecule has 6 rings (SSSR count).